The van der Waals surface area contributed by atoms with Gasteiger partial charge in [-0.1, -0.05) is 103 Å². The summed E-state index contributed by atoms with van der Waals surface area (Å²) in [6.07, 6.45) is 20.6. The molecule has 2 amide bonds. The van der Waals surface area contributed by atoms with Crippen LogP contribution >= 0.6 is 0 Å². The topological polar surface area (TPSA) is 83.9 Å². The van der Waals surface area contributed by atoms with Crippen LogP contribution in [-0.2, 0) is 4.74 Å². The second kappa shape index (κ2) is 15.6. The molecule has 1 aromatic rings. The number of ether oxygens (including phenoxy) is 1. The first-order chi connectivity index (χ1) is 16.1. The summed E-state index contributed by atoms with van der Waals surface area (Å²) in [5, 5.41) is 9.47. The summed E-state index contributed by atoms with van der Waals surface area (Å²) in [6.45, 7) is 2.60. The summed E-state index contributed by atoms with van der Waals surface area (Å²) in [4.78, 5) is 35.7. The molecule has 2 rings (SSSR count). The minimum absolute atomic E-state index is 0.0272. The second-order valence-electron chi connectivity index (χ2n) is 9.12. The first-order valence-electron chi connectivity index (χ1n) is 12.9. The van der Waals surface area contributed by atoms with E-state index in [2.05, 4.69) is 6.92 Å². The average Bonchev–Trinajstić information content (AvgIpc) is 3.04. The van der Waals surface area contributed by atoms with Crippen LogP contribution in [0.5, 0.6) is 0 Å². The fourth-order valence-electron chi connectivity index (χ4n) is 4.25. The van der Waals surface area contributed by atoms with Crippen molar-refractivity contribution >= 4 is 17.8 Å². The number of amides is 2. The summed E-state index contributed by atoms with van der Waals surface area (Å²) in [6, 6.07) is 4.12. The van der Waals surface area contributed by atoms with Gasteiger partial charge < -0.3 is 4.74 Å². The Kier molecular flexibility index (Phi) is 12.8. The molecule has 0 spiro atoms. The lowest BCUT2D eigenvalue weighted by molar-refractivity contribution is -0.0327. The SMILES string of the molecule is CCCCCCCCCCCCCCCCCCOC(=O)c1ccc2c(c1)C(=O)N(O)C2=O. The first kappa shape index (κ1) is 27.0. The maximum absolute atomic E-state index is 12.2. The average molecular weight is 460 g/mol. The fraction of sp³-hybridized carbons (Fsp3) is 0.667. The molecule has 6 heteroatoms. The molecule has 33 heavy (non-hydrogen) atoms. The van der Waals surface area contributed by atoms with Crippen molar-refractivity contribution in [3.05, 3.63) is 34.9 Å². The van der Waals surface area contributed by atoms with Crippen molar-refractivity contribution < 1.29 is 24.3 Å². The van der Waals surface area contributed by atoms with Gasteiger partial charge in [-0.3, -0.25) is 14.8 Å². The van der Waals surface area contributed by atoms with Gasteiger partial charge in [-0.05, 0) is 24.6 Å². The monoisotopic (exact) mass is 459 g/mol. The van der Waals surface area contributed by atoms with E-state index in [9.17, 15) is 19.6 Å². The van der Waals surface area contributed by atoms with E-state index in [1.807, 2.05) is 0 Å². The molecule has 0 fully saturated rings. The Balaban J connectivity index is 1.42. The Bertz CT molecular complexity index is 761. The second-order valence-corrected chi connectivity index (χ2v) is 9.12. The quantitative estimate of drug-likeness (QED) is 0.110. The van der Waals surface area contributed by atoms with Crippen LogP contribution in [0.15, 0.2) is 18.2 Å². The van der Waals surface area contributed by atoms with Gasteiger partial charge in [-0.2, -0.15) is 0 Å². The Labute approximate surface area is 198 Å². The number of imide groups is 1. The molecule has 1 aromatic carbocycles. The summed E-state index contributed by atoms with van der Waals surface area (Å²) in [5.41, 5.74) is 0.331. The highest BCUT2D eigenvalue weighted by atomic mass is 16.5. The number of carbonyl (C=O) groups excluding carboxylic acids is 3. The van der Waals surface area contributed by atoms with Crippen LogP contribution in [0, 0.1) is 0 Å². The standard InChI is InChI=1S/C27H41NO5/c1-2-3-4-5-6-7-8-9-10-11-12-13-14-15-16-17-20-33-27(31)22-18-19-23-24(21-22)26(30)28(32)25(23)29/h18-19,21,32H,2-17,20H2,1H3. The van der Waals surface area contributed by atoms with Gasteiger partial charge in [0.25, 0.3) is 11.8 Å². The van der Waals surface area contributed by atoms with E-state index in [1.54, 1.807) is 0 Å². The summed E-state index contributed by atoms with van der Waals surface area (Å²) in [5.74, 6) is -2.11. The largest absolute Gasteiger partial charge is 0.462 e. The van der Waals surface area contributed by atoms with E-state index in [1.165, 1.54) is 102 Å². The van der Waals surface area contributed by atoms with Crippen LogP contribution < -0.4 is 0 Å². The van der Waals surface area contributed by atoms with Gasteiger partial charge in [0.1, 0.15) is 0 Å². The lowest BCUT2D eigenvalue weighted by Crippen LogP contribution is -2.25. The van der Waals surface area contributed by atoms with Gasteiger partial charge in [0.15, 0.2) is 0 Å². The van der Waals surface area contributed by atoms with Crippen LogP contribution in [-0.4, -0.2) is 34.7 Å². The molecule has 0 unspecified atom stereocenters. The van der Waals surface area contributed by atoms with Crippen molar-refractivity contribution in [3.8, 4) is 0 Å². The molecule has 184 valence electrons. The third kappa shape index (κ3) is 9.28. The molecule has 6 nitrogen and oxygen atoms in total. The van der Waals surface area contributed by atoms with Crippen molar-refractivity contribution in [1.29, 1.82) is 0 Å². The van der Waals surface area contributed by atoms with Gasteiger partial charge in [0.2, 0.25) is 0 Å². The molecule has 1 aliphatic rings. The van der Waals surface area contributed by atoms with Crippen LogP contribution in [0.2, 0.25) is 0 Å². The maximum Gasteiger partial charge on any atom is 0.338 e. The molecular weight excluding hydrogens is 418 g/mol. The van der Waals surface area contributed by atoms with Gasteiger partial charge in [0.05, 0.1) is 23.3 Å². The highest BCUT2D eigenvalue weighted by Crippen LogP contribution is 2.23. The van der Waals surface area contributed by atoms with Gasteiger partial charge in [0, 0.05) is 0 Å². The number of fused-ring (bicyclic) bond motifs is 1. The van der Waals surface area contributed by atoms with Gasteiger partial charge >= 0.3 is 5.97 Å². The van der Waals surface area contributed by atoms with Crippen LogP contribution in [0.4, 0.5) is 0 Å². The highest BCUT2D eigenvalue weighted by Gasteiger charge is 2.35. The van der Waals surface area contributed by atoms with E-state index in [-0.39, 0.29) is 21.8 Å². The summed E-state index contributed by atoms with van der Waals surface area (Å²) < 4.78 is 5.28. The van der Waals surface area contributed by atoms with E-state index < -0.39 is 17.8 Å². The summed E-state index contributed by atoms with van der Waals surface area (Å²) >= 11 is 0. The van der Waals surface area contributed by atoms with Gasteiger partial charge in [-0.25, -0.2) is 4.79 Å². The van der Waals surface area contributed by atoms with Crippen LogP contribution in [0.3, 0.4) is 0 Å². The molecule has 0 aliphatic carbocycles. The fourth-order valence-corrected chi connectivity index (χ4v) is 4.25. The molecule has 1 aliphatic heterocycles. The predicted molar refractivity (Wildman–Crippen MR) is 129 cm³/mol. The molecule has 0 saturated heterocycles. The predicted octanol–water partition coefficient (Wildman–Crippen LogP) is 7.09. The van der Waals surface area contributed by atoms with Crippen LogP contribution in [0.25, 0.3) is 0 Å². The Morgan fingerprint density at radius 2 is 1.18 bits per heavy atom. The number of carbonyl (C=O) groups is 3. The molecule has 0 aromatic heterocycles. The van der Waals surface area contributed by atoms with Crippen molar-refractivity contribution in [1.82, 2.24) is 5.06 Å². The normalized spacial score (nSPS) is 13.0. The number of hydrogen-bond acceptors (Lipinski definition) is 5. The number of rotatable bonds is 18. The molecule has 0 bridgehead atoms. The van der Waals surface area contributed by atoms with Crippen molar-refractivity contribution in [2.45, 2.75) is 110 Å². The smallest absolute Gasteiger partial charge is 0.338 e. The Morgan fingerprint density at radius 1 is 0.727 bits per heavy atom. The van der Waals surface area contributed by atoms with E-state index >= 15 is 0 Å². The number of hydroxylamine groups is 2. The molecule has 1 N–H and O–H groups in total. The zero-order chi connectivity index (χ0) is 23.9. The van der Waals surface area contributed by atoms with Crippen LogP contribution in [0.1, 0.15) is 141 Å². The lowest BCUT2D eigenvalue weighted by atomic mass is 10.0. The third-order valence-electron chi connectivity index (χ3n) is 6.33. The zero-order valence-electron chi connectivity index (χ0n) is 20.3. The van der Waals surface area contributed by atoms with E-state index in [0.717, 1.165) is 19.3 Å². The van der Waals surface area contributed by atoms with Crippen molar-refractivity contribution in [2.24, 2.45) is 0 Å². The zero-order valence-corrected chi connectivity index (χ0v) is 20.3. The Hall–Kier alpha value is -2.21. The van der Waals surface area contributed by atoms with E-state index in [0.29, 0.717) is 6.61 Å². The molecular formula is C27H41NO5. The third-order valence-corrected chi connectivity index (χ3v) is 6.33. The van der Waals surface area contributed by atoms with E-state index in [4.69, 9.17) is 4.74 Å². The number of unbranched alkanes of at least 4 members (excludes halogenated alkanes) is 15. The Morgan fingerprint density at radius 3 is 1.70 bits per heavy atom. The van der Waals surface area contributed by atoms with Crippen molar-refractivity contribution in [3.63, 3.8) is 0 Å². The molecule has 1 heterocycles. The molecule has 0 radical (unpaired) electrons. The lowest BCUT2D eigenvalue weighted by Gasteiger charge is -2.06. The summed E-state index contributed by atoms with van der Waals surface area (Å²) in [7, 11) is 0. The number of benzene rings is 1. The minimum atomic E-state index is -0.817. The minimum Gasteiger partial charge on any atom is -0.462 e. The maximum atomic E-state index is 12.2. The number of nitrogens with zero attached hydrogens (tertiary/aromatic N) is 1. The van der Waals surface area contributed by atoms with Crippen molar-refractivity contribution in [2.75, 3.05) is 6.61 Å². The number of esters is 1. The number of hydrogen-bond donors (Lipinski definition) is 1. The first-order valence-corrected chi connectivity index (χ1v) is 12.9. The van der Waals surface area contributed by atoms with Gasteiger partial charge in [-0.15, -0.1) is 5.06 Å². The molecule has 0 atom stereocenters. The highest BCUT2D eigenvalue weighted by molar-refractivity contribution is 6.20. The molecule has 0 saturated carbocycles.